The summed E-state index contributed by atoms with van der Waals surface area (Å²) >= 11 is 5.56. The minimum Gasteiger partial charge on any atom is -0.447 e. The van der Waals surface area contributed by atoms with Crippen molar-refractivity contribution < 1.29 is 18.3 Å². The maximum absolute atomic E-state index is 13.3. The molecule has 0 bridgehead atoms. The van der Waals surface area contributed by atoms with E-state index in [4.69, 9.17) is 16.0 Å². The van der Waals surface area contributed by atoms with E-state index in [1.54, 1.807) is 0 Å². The molecule has 1 unspecified atom stereocenters. The molecule has 2 rings (SSSR count). The first-order valence-electron chi connectivity index (χ1n) is 4.93. The van der Waals surface area contributed by atoms with Crippen LogP contribution in [-0.4, -0.2) is 5.11 Å². The van der Waals surface area contributed by atoms with E-state index in [9.17, 15) is 13.9 Å². The third kappa shape index (κ3) is 2.84. The van der Waals surface area contributed by atoms with Crippen molar-refractivity contribution in [1.29, 1.82) is 0 Å². The lowest BCUT2D eigenvalue weighted by atomic mass is 10.1. The normalized spacial score (nSPS) is 12.7. The lowest BCUT2D eigenvalue weighted by Crippen LogP contribution is -2.02. The largest absolute Gasteiger partial charge is 0.447 e. The predicted molar refractivity (Wildman–Crippen MR) is 58.7 cm³/mol. The Morgan fingerprint density at radius 2 is 2.00 bits per heavy atom. The monoisotopic (exact) mass is 258 g/mol. The molecular weight excluding hydrogens is 250 g/mol. The molecule has 2 aromatic rings. The molecule has 0 spiro atoms. The standard InChI is InChI=1S/C12H9ClF2O2/c13-12-4-3-11(17-12)10(16)5-7-1-2-8(14)6-9(7)15/h1-4,6,10,16H,5H2. The van der Waals surface area contributed by atoms with Crippen molar-refractivity contribution in [2.45, 2.75) is 12.5 Å². The Kier molecular flexibility index (Phi) is 3.45. The summed E-state index contributed by atoms with van der Waals surface area (Å²) < 4.78 is 31.0. The third-order valence-corrected chi connectivity index (χ3v) is 2.55. The lowest BCUT2D eigenvalue weighted by molar-refractivity contribution is 0.149. The van der Waals surface area contributed by atoms with Gasteiger partial charge in [0.15, 0.2) is 5.22 Å². The van der Waals surface area contributed by atoms with Crippen LogP contribution in [0, 0.1) is 11.6 Å². The molecule has 1 aromatic carbocycles. The van der Waals surface area contributed by atoms with Crippen molar-refractivity contribution in [2.24, 2.45) is 0 Å². The Hall–Kier alpha value is -1.39. The molecule has 0 aliphatic heterocycles. The second-order valence-electron chi connectivity index (χ2n) is 3.60. The minimum absolute atomic E-state index is 0.00401. The van der Waals surface area contributed by atoms with E-state index in [0.29, 0.717) is 0 Å². The summed E-state index contributed by atoms with van der Waals surface area (Å²) in [7, 11) is 0. The Morgan fingerprint density at radius 1 is 1.24 bits per heavy atom. The fourth-order valence-corrected chi connectivity index (χ4v) is 1.66. The van der Waals surface area contributed by atoms with Crippen molar-refractivity contribution in [3.8, 4) is 0 Å². The molecule has 0 saturated carbocycles. The van der Waals surface area contributed by atoms with Gasteiger partial charge in [-0.15, -0.1) is 0 Å². The molecule has 0 radical (unpaired) electrons. The van der Waals surface area contributed by atoms with Crippen LogP contribution in [-0.2, 0) is 6.42 Å². The van der Waals surface area contributed by atoms with Gasteiger partial charge in [0.25, 0.3) is 0 Å². The molecule has 1 atom stereocenters. The maximum atomic E-state index is 13.3. The number of aliphatic hydroxyl groups is 1. The van der Waals surface area contributed by atoms with Gasteiger partial charge >= 0.3 is 0 Å². The highest BCUT2D eigenvalue weighted by Gasteiger charge is 2.15. The van der Waals surface area contributed by atoms with Gasteiger partial charge < -0.3 is 9.52 Å². The van der Waals surface area contributed by atoms with E-state index >= 15 is 0 Å². The molecule has 5 heteroatoms. The van der Waals surface area contributed by atoms with Crippen LogP contribution in [0.5, 0.6) is 0 Å². The molecule has 90 valence electrons. The van der Waals surface area contributed by atoms with Gasteiger partial charge in [-0.25, -0.2) is 8.78 Å². The minimum atomic E-state index is -1.01. The lowest BCUT2D eigenvalue weighted by Gasteiger charge is -2.08. The van der Waals surface area contributed by atoms with Crippen molar-refractivity contribution in [1.82, 2.24) is 0 Å². The Morgan fingerprint density at radius 3 is 2.59 bits per heavy atom. The van der Waals surface area contributed by atoms with Crippen LogP contribution >= 0.6 is 11.6 Å². The molecule has 2 nitrogen and oxygen atoms in total. The van der Waals surface area contributed by atoms with Crippen LogP contribution in [0.4, 0.5) is 8.78 Å². The zero-order chi connectivity index (χ0) is 12.4. The molecule has 1 heterocycles. The number of furan rings is 1. The van der Waals surface area contributed by atoms with Gasteiger partial charge in [-0.05, 0) is 35.4 Å². The second-order valence-corrected chi connectivity index (χ2v) is 3.97. The molecule has 0 aliphatic carbocycles. The average molecular weight is 259 g/mol. The summed E-state index contributed by atoms with van der Waals surface area (Å²) in [6, 6.07) is 6.20. The summed E-state index contributed by atoms with van der Waals surface area (Å²) in [5, 5.41) is 9.92. The van der Waals surface area contributed by atoms with Crippen LogP contribution in [0.25, 0.3) is 0 Å². The number of benzene rings is 1. The van der Waals surface area contributed by atoms with Crippen LogP contribution < -0.4 is 0 Å². The van der Waals surface area contributed by atoms with E-state index in [2.05, 4.69) is 0 Å². The van der Waals surface area contributed by atoms with Gasteiger partial charge in [0, 0.05) is 12.5 Å². The van der Waals surface area contributed by atoms with Crippen LogP contribution in [0.1, 0.15) is 17.4 Å². The van der Waals surface area contributed by atoms with Crippen molar-refractivity contribution in [2.75, 3.05) is 0 Å². The van der Waals surface area contributed by atoms with E-state index < -0.39 is 17.7 Å². The van der Waals surface area contributed by atoms with Crippen LogP contribution in [0.2, 0.25) is 5.22 Å². The molecule has 1 N–H and O–H groups in total. The number of aliphatic hydroxyl groups excluding tert-OH is 1. The molecule has 0 amide bonds. The molecule has 0 fully saturated rings. The molecule has 1 aromatic heterocycles. The zero-order valence-corrected chi connectivity index (χ0v) is 9.42. The third-order valence-electron chi connectivity index (χ3n) is 2.35. The SMILES string of the molecule is OC(Cc1ccc(F)cc1F)c1ccc(Cl)o1. The summed E-state index contributed by atoms with van der Waals surface area (Å²) in [5.41, 5.74) is 0.214. The van der Waals surface area contributed by atoms with E-state index in [0.717, 1.165) is 12.1 Å². The molecular formula is C12H9ClF2O2. The quantitative estimate of drug-likeness (QED) is 0.914. The molecule has 0 aliphatic rings. The number of hydrogen-bond acceptors (Lipinski definition) is 2. The smallest absolute Gasteiger partial charge is 0.193 e. The van der Waals surface area contributed by atoms with E-state index in [-0.39, 0.29) is 23.0 Å². The maximum Gasteiger partial charge on any atom is 0.193 e. The van der Waals surface area contributed by atoms with Crippen molar-refractivity contribution in [3.63, 3.8) is 0 Å². The summed E-state index contributed by atoms with van der Waals surface area (Å²) in [5.74, 6) is -1.10. The first kappa shape index (κ1) is 12.1. The summed E-state index contributed by atoms with van der Waals surface area (Å²) in [6.45, 7) is 0. The average Bonchev–Trinajstić information content (AvgIpc) is 2.69. The highest BCUT2D eigenvalue weighted by Crippen LogP contribution is 2.24. The van der Waals surface area contributed by atoms with E-state index in [1.165, 1.54) is 18.2 Å². The highest BCUT2D eigenvalue weighted by molar-refractivity contribution is 6.28. The van der Waals surface area contributed by atoms with Crippen LogP contribution in [0.15, 0.2) is 34.7 Å². The van der Waals surface area contributed by atoms with Gasteiger partial charge in [0.1, 0.15) is 23.5 Å². The highest BCUT2D eigenvalue weighted by atomic mass is 35.5. The predicted octanol–water partition coefficient (Wildman–Crippen LogP) is 3.49. The Bertz CT molecular complexity index is 525. The fourth-order valence-electron chi connectivity index (χ4n) is 1.50. The van der Waals surface area contributed by atoms with E-state index in [1.807, 2.05) is 0 Å². The van der Waals surface area contributed by atoms with Gasteiger partial charge in [-0.1, -0.05) is 6.07 Å². The molecule has 17 heavy (non-hydrogen) atoms. The Labute approximate surface area is 101 Å². The van der Waals surface area contributed by atoms with Gasteiger partial charge in [-0.3, -0.25) is 0 Å². The van der Waals surface area contributed by atoms with Crippen molar-refractivity contribution >= 4 is 11.6 Å². The second kappa shape index (κ2) is 4.85. The molecule has 0 saturated heterocycles. The van der Waals surface area contributed by atoms with Crippen LogP contribution in [0.3, 0.4) is 0 Å². The first-order chi connectivity index (χ1) is 8.06. The fraction of sp³-hybridized carbons (Fsp3) is 0.167. The first-order valence-corrected chi connectivity index (χ1v) is 5.31. The van der Waals surface area contributed by atoms with Crippen molar-refractivity contribution in [3.05, 3.63) is 58.5 Å². The number of hydrogen-bond donors (Lipinski definition) is 1. The van der Waals surface area contributed by atoms with Gasteiger partial charge in [-0.2, -0.15) is 0 Å². The topological polar surface area (TPSA) is 33.4 Å². The number of halogens is 3. The summed E-state index contributed by atoms with van der Waals surface area (Å²) in [6.07, 6.45) is -1.02. The summed E-state index contributed by atoms with van der Waals surface area (Å²) in [4.78, 5) is 0. The number of rotatable bonds is 3. The Balaban J connectivity index is 2.15. The zero-order valence-electron chi connectivity index (χ0n) is 8.66. The van der Waals surface area contributed by atoms with Gasteiger partial charge in [0.2, 0.25) is 0 Å². The van der Waals surface area contributed by atoms with Gasteiger partial charge in [0.05, 0.1) is 0 Å².